The van der Waals surface area contributed by atoms with Crippen LogP contribution in [-0.2, 0) is 46.6 Å². The van der Waals surface area contributed by atoms with Gasteiger partial charge in [0.25, 0.3) is 0 Å². The molecule has 1 radical (unpaired) electrons. The fourth-order valence-electron chi connectivity index (χ4n) is 12.1. The van der Waals surface area contributed by atoms with Gasteiger partial charge in [-0.25, -0.2) is 14.2 Å². The van der Waals surface area contributed by atoms with E-state index in [1.54, 1.807) is 0 Å². The van der Waals surface area contributed by atoms with Crippen LogP contribution in [0.2, 0.25) is 0 Å². The van der Waals surface area contributed by atoms with Crippen LogP contribution < -0.4 is 0 Å². The monoisotopic (exact) mass is 992 g/mol. The van der Waals surface area contributed by atoms with Crippen molar-refractivity contribution in [2.45, 2.75) is 235 Å². The molecule has 6 saturated carbocycles. The van der Waals surface area contributed by atoms with Gasteiger partial charge in [0.05, 0.1) is 0 Å². The molecule has 6 fully saturated rings. The van der Waals surface area contributed by atoms with Gasteiger partial charge in [0.2, 0.25) is 0 Å². The summed E-state index contributed by atoms with van der Waals surface area (Å²) < 4.78 is 40.6. The van der Waals surface area contributed by atoms with E-state index in [2.05, 4.69) is 97.3 Å². The maximum atomic E-state index is 6.77. The predicted octanol–water partition coefficient (Wildman–Crippen LogP) is 15.2. The summed E-state index contributed by atoms with van der Waals surface area (Å²) in [7, 11) is 1.03. The largest absolute Gasteiger partial charge is 2.00 e. The summed E-state index contributed by atoms with van der Waals surface area (Å²) in [4.78, 5) is 0. The minimum absolute atomic E-state index is 0. The molecule has 61 heavy (non-hydrogen) atoms. The molecule has 0 aromatic carbocycles. The summed E-state index contributed by atoms with van der Waals surface area (Å²) in [5.74, 6) is 7.32. The summed E-state index contributed by atoms with van der Waals surface area (Å²) in [5, 5.41) is 13.5. The van der Waals surface area contributed by atoms with Crippen molar-refractivity contribution in [1.82, 2.24) is 0 Å². The normalized spacial score (nSPS) is 42.7. The molecule has 0 amide bonds. The van der Waals surface area contributed by atoms with Gasteiger partial charge in [-0.2, -0.15) is 27.1 Å². The van der Waals surface area contributed by atoms with Gasteiger partial charge in [0, 0.05) is 0 Å². The van der Waals surface area contributed by atoms with Crippen molar-refractivity contribution in [2.75, 3.05) is 0 Å². The summed E-state index contributed by atoms with van der Waals surface area (Å²) >= 11 is 0. The van der Waals surface area contributed by atoms with Gasteiger partial charge >= 0.3 is 36.7 Å². The van der Waals surface area contributed by atoms with Gasteiger partial charge in [0.1, 0.15) is 36.6 Å². The molecule has 0 aromatic heterocycles. The molecule has 12 unspecified atom stereocenters. The average Bonchev–Trinajstić information content (AvgIpc) is 3.22. The van der Waals surface area contributed by atoms with Gasteiger partial charge in [-0.05, 0) is 148 Å². The van der Waals surface area contributed by atoms with Crippen LogP contribution in [0.5, 0.6) is 0 Å². The van der Waals surface area contributed by atoms with Gasteiger partial charge in [-0.3, -0.25) is 0 Å². The third-order valence-electron chi connectivity index (χ3n) is 16.0. The Bertz CT molecular complexity index is 850. The fraction of sp³-hybridized carbons (Fsp3) is 0.960. The van der Waals surface area contributed by atoms with E-state index in [9.17, 15) is 0 Å². The average molecular weight is 992 g/mol. The first-order chi connectivity index (χ1) is 28.7. The summed E-state index contributed by atoms with van der Waals surface area (Å²) in [6.07, 6.45) is 25.1. The Morgan fingerprint density at radius 2 is 0.361 bits per heavy atom. The Hall–Kier alpha value is 1.16. The first kappa shape index (κ1) is 58.3. The second-order valence-electron chi connectivity index (χ2n) is 21.3. The molecule has 0 aromatic rings. The third kappa shape index (κ3) is 18.0. The zero-order valence-corrected chi connectivity index (χ0v) is 44.9. The quantitative estimate of drug-likeness (QED) is 0.113. The van der Waals surface area contributed by atoms with Gasteiger partial charge in [0.15, 0.2) is 0 Å². The van der Waals surface area contributed by atoms with Crippen molar-refractivity contribution in [1.29, 1.82) is 0 Å². The van der Waals surface area contributed by atoms with Crippen LogP contribution in [0.1, 0.15) is 199 Å². The van der Waals surface area contributed by atoms with Crippen LogP contribution in [-0.4, -0.2) is 46.8 Å². The Labute approximate surface area is 392 Å². The fourth-order valence-corrected chi connectivity index (χ4v) is 16.6. The maximum absolute atomic E-state index is 6.77. The molecule has 0 spiro atoms. The van der Waals surface area contributed by atoms with Crippen molar-refractivity contribution in [3.05, 3.63) is 14.2 Å². The van der Waals surface area contributed by atoms with Crippen molar-refractivity contribution in [3.8, 4) is 0 Å². The molecule has 8 nitrogen and oxygen atoms in total. The predicted molar refractivity (Wildman–Crippen MR) is 254 cm³/mol. The number of aliphatic hydroxyl groups is 2. The van der Waals surface area contributed by atoms with E-state index < -0.39 is 17.2 Å². The smallest absolute Gasteiger partial charge is 0.569 e. The molecule has 11 heteroatoms. The Morgan fingerprint density at radius 1 is 0.262 bits per heavy atom. The van der Waals surface area contributed by atoms with E-state index in [0.717, 1.165) is 0 Å². The zero-order chi connectivity index (χ0) is 44.5. The van der Waals surface area contributed by atoms with Crippen LogP contribution in [0.3, 0.4) is 0 Å². The zero-order valence-electron chi connectivity index (χ0n) is 41.2. The van der Waals surface area contributed by atoms with E-state index in [1.807, 2.05) is 0 Å². The van der Waals surface area contributed by atoms with Gasteiger partial charge < -0.3 is 10.2 Å². The topological polar surface area (TPSA) is 95.8 Å². The number of rotatable bonds is 12. The molecule has 363 valence electrons. The third-order valence-corrected chi connectivity index (χ3v) is 18.8. The number of hydrogen-bond donors (Lipinski definition) is 2. The maximum Gasteiger partial charge on any atom is 2.00 e. The molecule has 0 heterocycles. The Morgan fingerprint density at radius 3 is 0.459 bits per heavy atom. The molecule has 2 N–H and O–H groups in total. The molecule has 6 rings (SSSR count). The van der Waals surface area contributed by atoms with Crippen LogP contribution in [0.15, 0.2) is 0 Å². The Balaban J connectivity index is 0.000000383. The van der Waals surface area contributed by atoms with Gasteiger partial charge in [-0.15, -0.1) is 0 Å². The molecular formula is C50H98O8P2Rh+2. The van der Waals surface area contributed by atoms with E-state index in [-0.39, 0.29) is 19.5 Å². The molecule has 0 aliphatic heterocycles. The van der Waals surface area contributed by atoms with Crippen LogP contribution >= 0.6 is 17.2 Å². The summed E-state index contributed by atoms with van der Waals surface area (Å²) in [5.41, 5.74) is 0. The van der Waals surface area contributed by atoms with E-state index in [1.165, 1.54) is 116 Å². The number of aliphatic hydroxyl groups excluding tert-OH is 2. The van der Waals surface area contributed by atoms with E-state index >= 15 is 0 Å². The first-order valence-electron chi connectivity index (χ1n) is 25.1. The Kier molecular flexibility index (Phi) is 29.2. The molecule has 12 atom stereocenters. The van der Waals surface area contributed by atoms with Crippen molar-refractivity contribution in [2.24, 2.45) is 71.0 Å². The second kappa shape index (κ2) is 30.5. The van der Waals surface area contributed by atoms with Crippen LogP contribution in [0.4, 0.5) is 0 Å². The minimum atomic E-state index is -1.74. The molecule has 6 aliphatic carbocycles. The molecule has 6 aliphatic rings. The molecular weight excluding hydrogens is 893 g/mol. The van der Waals surface area contributed by atoms with Crippen LogP contribution in [0, 0.1) is 85.2 Å². The second-order valence-corrected chi connectivity index (χ2v) is 23.7. The molecule has 0 saturated heterocycles. The van der Waals surface area contributed by atoms with E-state index in [4.69, 9.17) is 37.4 Å². The minimum Gasteiger partial charge on any atom is -0.569 e. The van der Waals surface area contributed by atoms with Crippen molar-refractivity contribution >= 4 is 17.2 Å². The number of hydrogen-bond acceptors (Lipinski definition) is 8. The van der Waals surface area contributed by atoms with Crippen molar-refractivity contribution in [3.63, 3.8) is 0 Å². The van der Waals surface area contributed by atoms with Crippen LogP contribution in [0.25, 0.3) is 0 Å². The first-order valence-corrected chi connectivity index (χ1v) is 27.5. The van der Waals surface area contributed by atoms with E-state index in [0.29, 0.717) is 108 Å². The standard InChI is InChI=1S/2C24H46O3P.2CH3O.Rh/c2*1-16-10-7-11-17(2)22(16)25-28(26-23-18(3)12-8-13-19(23)4)27-24-20(5)14-9-15-21(24)6;2*1-2;/h2*16-24,28H,7-15H2,1-6H3;2*2H,1H2;/q2*+1;2*-1;+2. The van der Waals surface area contributed by atoms with Gasteiger partial charge in [-0.1, -0.05) is 122 Å². The van der Waals surface area contributed by atoms with Crippen molar-refractivity contribution < 1.29 is 56.8 Å². The molecule has 0 bridgehead atoms. The summed E-state index contributed by atoms with van der Waals surface area (Å²) in [6.45, 7) is 28.3. The SMILES string of the molecule is CC1CCCC(C)C1O[PH+](OC1C(C)CCCC1C)OC1C(C)CCCC1C.CC1CCCC(C)C1O[PH+](OC1C(C)CCCC1C)OC1C(C)CCCC1C.[CH2-]O.[CH2-]O.[Rh+2]. The summed E-state index contributed by atoms with van der Waals surface area (Å²) in [6, 6.07) is 0.